The van der Waals surface area contributed by atoms with Gasteiger partial charge in [-0.2, -0.15) is 8.62 Å². The number of aryl methyl sites for hydroxylation is 1. The molecule has 0 spiro atoms. The third-order valence-corrected chi connectivity index (χ3v) is 9.81. The zero-order chi connectivity index (χ0) is 25.0. The molecule has 16 nitrogen and oxygen atoms in total. The summed E-state index contributed by atoms with van der Waals surface area (Å²) in [6.07, 6.45) is -2.09. The van der Waals surface area contributed by atoms with Crippen molar-refractivity contribution in [2.45, 2.75) is 31.8 Å². The minimum Gasteiger partial charge on any atom is -0.390 e. The molecular formula is C14H25N2O14P3. The molecule has 1 aromatic heterocycles. The van der Waals surface area contributed by atoms with E-state index in [2.05, 4.69) is 27.4 Å². The van der Waals surface area contributed by atoms with Crippen molar-refractivity contribution >= 4 is 23.5 Å². The number of aliphatic hydroxyl groups excluding tert-OH is 1. The highest BCUT2D eigenvalue weighted by Gasteiger charge is 2.46. The second-order valence-corrected chi connectivity index (χ2v) is 12.2. The van der Waals surface area contributed by atoms with Gasteiger partial charge in [0.15, 0.2) is 0 Å². The van der Waals surface area contributed by atoms with Gasteiger partial charge in [0.05, 0.1) is 12.7 Å². The van der Waals surface area contributed by atoms with Crippen LogP contribution < -0.4 is 11.2 Å². The average molecular weight is 538 g/mol. The maximum atomic E-state index is 12.8. The molecule has 0 bridgehead atoms. The standard InChI is InChI=1S/C14H25N2O14P3/c1-9-7-16(14(19)15-13(9)18)12-6-10(17)11(28-12)8-27-32(21,25-4)30-33(22,26-5)29-31(20,23-2)24-3/h7,10-12,17H,6,8H2,1-5H3,(H,15,18,19)/t10?,11-,12-,32?,33?/m1/s1. The topological polar surface area (TPSA) is 200 Å². The van der Waals surface area contributed by atoms with Gasteiger partial charge < -0.3 is 9.84 Å². The molecule has 5 atom stereocenters. The summed E-state index contributed by atoms with van der Waals surface area (Å²) in [6.45, 7) is 0.866. The molecule has 1 aliphatic rings. The summed E-state index contributed by atoms with van der Waals surface area (Å²) in [5.41, 5.74) is -1.08. The summed E-state index contributed by atoms with van der Waals surface area (Å²) >= 11 is 0. The molecule has 0 radical (unpaired) electrons. The molecular weight excluding hydrogens is 513 g/mol. The Kier molecular flexibility index (Phi) is 9.56. The first-order valence-electron chi connectivity index (χ1n) is 9.09. The molecule has 2 rings (SSSR count). The van der Waals surface area contributed by atoms with Gasteiger partial charge in [-0.1, -0.05) is 0 Å². The van der Waals surface area contributed by atoms with E-state index in [0.29, 0.717) is 0 Å². The zero-order valence-corrected chi connectivity index (χ0v) is 21.0. The summed E-state index contributed by atoms with van der Waals surface area (Å²) in [5.74, 6) is 0. The van der Waals surface area contributed by atoms with Crippen LogP contribution in [-0.4, -0.2) is 61.9 Å². The molecule has 1 saturated heterocycles. The molecule has 2 heterocycles. The largest absolute Gasteiger partial charge is 0.492 e. The molecule has 0 aliphatic carbocycles. The smallest absolute Gasteiger partial charge is 0.390 e. The predicted octanol–water partition coefficient (Wildman–Crippen LogP) is 1.45. The van der Waals surface area contributed by atoms with Crippen molar-refractivity contribution in [3.63, 3.8) is 0 Å². The number of phosphoric acid groups is 3. The number of aliphatic hydroxyl groups is 1. The van der Waals surface area contributed by atoms with Crippen LogP contribution in [0.25, 0.3) is 0 Å². The van der Waals surface area contributed by atoms with Crippen LogP contribution in [0.3, 0.4) is 0 Å². The highest BCUT2D eigenvalue weighted by molar-refractivity contribution is 7.67. The zero-order valence-electron chi connectivity index (χ0n) is 18.3. The molecule has 1 aliphatic heterocycles. The molecule has 1 fully saturated rings. The number of hydrogen-bond acceptors (Lipinski definition) is 14. The lowest BCUT2D eigenvalue weighted by molar-refractivity contribution is -0.0458. The lowest BCUT2D eigenvalue weighted by Crippen LogP contribution is -2.33. The molecule has 1 aromatic rings. The number of rotatable bonds is 12. The molecule has 190 valence electrons. The maximum absolute atomic E-state index is 12.8. The minimum absolute atomic E-state index is 0.0674. The van der Waals surface area contributed by atoms with Crippen molar-refractivity contribution in [3.05, 3.63) is 32.6 Å². The van der Waals surface area contributed by atoms with Crippen LogP contribution in [0.4, 0.5) is 0 Å². The summed E-state index contributed by atoms with van der Waals surface area (Å²) in [7, 11) is -10.3. The second-order valence-electron chi connectivity index (χ2n) is 6.44. The molecule has 2 N–H and O–H groups in total. The van der Waals surface area contributed by atoms with Gasteiger partial charge in [0, 0.05) is 46.6 Å². The fourth-order valence-corrected chi connectivity index (χ4v) is 7.03. The molecule has 0 aromatic carbocycles. The van der Waals surface area contributed by atoms with Crippen molar-refractivity contribution in [2.75, 3.05) is 35.0 Å². The number of aromatic nitrogens is 2. The van der Waals surface area contributed by atoms with E-state index < -0.39 is 59.8 Å². The predicted molar refractivity (Wildman–Crippen MR) is 110 cm³/mol. The van der Waals surface area contributed by atoms with Crippen LogP contribution >= 0.6 is 23.5 Å². The molecule has 0 amide bonds. The highest BCUT2D eigenvalue weighted by atomic mass is 31.3. The minimum atomic E-state index is -4.85. The second kappa shape index (κ2) is 11.2. The van der Waals surface area contributed by atoms with Crippen molar-refractivity contribution in [3.8, 4) is 0 Å². The fourth-order valence-electron chi connectivity index (χ4n) is 2.58. The van der Waals surface area contributed by atoms with E-state index in [1.54, 1.807) is 0 Å². The van der Waals surface area contributed by atoms with Gasteiger partial charge in [0.1, 0.15) is 12.3 Å². The maximum Gasteiger partial charge on any atom is 0.492 e. The number of nitrogens with one attached hydrogen (secondary N) is 1. The number of hydrogen-bond donors (Lipinski definition) is 2. The average Bonchev–Trinajstić information content (AvgIpc) is 3.15. The Hall–Kier alpha value is -0.990. The number of ether oxygens (including phenoxy) is 1. The SMILES string of the molecule is COP(=O)(OC)OP(=O)(OC)OP(=O)(OC)OC[C@H]1O[C@@H](n2cc(C)c(=O)[nH]c2=O)CC1O. The fraction of sp³-hybridized carbons (Fsp3) is 0.714. The van der Waals surface area contributed by atoms with Gasteiger partial charge in [0.2, 0.25) is 0 Å². The highest BCUT2D eigenvalue weighted by Crippen LogP contribution is 2.72. The van der Waals surface area contributed by atoms with Crippen molar-refractivity contribution < 1.29 is 54.8 Å². The van der Waals surface area contributed by atoms with E-state index in [0.717, 1.165) is 33.0 Å². The third-order valence-electron chi connectivity index (χ3n) is 4.35. The van der Waals surface area contributed by atoms with Gasteiger partial charge in [-0.15, -0.1) is 0 Å². The van der Waals surface area contributed by atoms with E-state index in [-0.39, 0.29) is 12.0 Å². The quantitative estimate of drug-likeness (QED) is 0.362. The first kappa shape index (κ1) is 28.2. The van der Waals surface area contributed by atoms with Gasteiger partial charge in [-0.25, -0.2) is 18.5 Å². The van der Waals surface area contributed by atoms with E-state index in [4.69, 9.17) is 13.6 Å². The van der Waals surface area contributed by atoms with E-state index in [1.165, 1.54) is 13.1 Å². The Morgan fingerprint density at radius 2 is 1.58 bits per heavy atom. The third kappa shape index (κ3) is 7.01. The van der Waals surface area contributed by atoms with Crippen LogP contribution in [0.15, 0.2) is 15.8 Å². The lowest BCUT2D eigenvalue weighted by Gasteiger charge is -2.24. The Labute approximate surface area is 187 Å². The van der Waals surface area contributed by atoms with Crippen molar-refractivity contribution in [1.82, 2.24) is 9.55 Å². The van der Waals surface area contributed by atoms with Crippen molar-refractivity contribution in [1.29, 1.82) is 0 Å². The molecule has 3 unspecified atom stereocenters. The van der Waals surface area contributed by atoms with E-state index >= 15 is 0 Å². The van der Waals surface area contributed by atoms with Crippen LogP contribution in [0.1, 0.15) is 18.2 Å². The monoisotopic (exact) mass is 538 g/mol. The molecule has 0 saturated carbocycles. The van der Waals surface area contributed by atoms with E-state index in [1.807, 2.05) is 0 Å². The van der Waals surface area contributed by atoms with Crippen LogP contribution in [-0.2, 0) is 49.7 Å². The normalized spacial score (nSPS) is 25.0. The molecule has 19 heteroatoms. The first-order valence-corrected chi connectivity index (χ1v) is 13.5. The number of phosphoric ester groups is 2. The molecule has 33 heavy (non-hydrogen) atoms. The van der Waals surface area contributed by atoms with E-state index in [9.17, 15) is 28.4 Å². The Morgan fingerprint density at radius 3 is 2.12 bits per heavy atom. The first-order chi connectivity index (χ1) is 15.3. The van der Waals surface area contributed by atoms with Crippen LogP contribution in [0, 0.1) is 6.92 Å². The van der Waals surface area contributed by atoms with Gasteiger partial charge >= 0.3 is 29.2 Å². The van der Waals surface area contributed by atoms with Crippen molar-refractivity contribution in [2.24, 2.45) is 0 Å². The van der Waals surface area contributed by atoms with Crippen LogP contribution in [0.5, 0.6) is 0 Å². The Balaban J connectivity index is 2.11. The Bertz CT molecular complexity index is 1080. The Morgan fingerprint density at radius 1 is 1.03 bits per heavy atom. The number of H-pyrrole nitrogens is 1. The van der Waals surface area contributed by atoms with Gasteiger partial charge in [-0.3, -0.25) is 37.0 Å². The van der Waals surface area contributed by atoms with Gasteiger partial charge in [0.25, 0.3) is 5.56 Å². The lowest BCUT2D eigenvalue weighted by atomic mass is 10.2. The summed E-state index contributed by atoms with van der Waals surface area (Å²) in [6, 6.07) is 0. The number of nitrogens with zero attached hydrogens (tertiary/aromatic N) is 1. The summed E-state index contributed by atoms with van der Waals surface area (Å²) in [4.78, 5) is 25.7. The van der Waals surface area contributed by atoms with Crippen LogP contribution in [0.2, 0.25) is 0 Å². The van der Waals surface area contributed by atoms with Gasteiger partial charge in [-0.05, 0) is 6.92 Å². The summed E-state index contributed by atoms with van der Waals surface area (Å²) < 4.78 is 76.6. The summed E-state index contributed by atoms with van der Waals surface area (Å²) in [5, 5.41) is 10.3. The number of aromatic amines is 1.